The van der Waals surface area contributed by atoms with Crippen LogP contribution in [0.1, 0.15) is 32.4 Å². The first-order valence-electron chi connectivity index (χ1n) is 8.45. The Morgan fingerprint density at radius 1 is 1.26 bits per heavy atom. The van der Waals surface area contributed by atoms with Gasteiger partial charge < -0.3 is 4.90 Å². The molecule has 3 heterocycles. The molecule has 1 aliphatic heterocycles. The summed E-state index contributed by atoms with van der Waals surface area (Å²) in [5.41, 5.74) is 2.94. The van der Waals surface area contributed by atoms with E-state index in [0.29, 0.717) is 36.5 Å². The third-order valence-electron chi connectivity index (χ3n) is 4.51. The maximum absolute atomic E-state index is 14.2. The number of carbonyl (C=O) groups excluding carboxylic acids is 1. The molecule has 1 amide bonds. The van der Waals surface area contributed by atoms with Crippen molar-refractivity contribution in [1.82, 2.24) is 19.7 Å². The number of nitrogens with zero attached hydrogens (tertiary/aromatic N) is 5. The highest BCUT2D eigenvalue weighted by Crippen LogP contribution is 2.31. The molecule has 0 unspecified atom stereocenters. The quantitative estimate of drug-likeness (QED) is 0.683. The average molecular weight is 381 g/mol. The number of rotatable bonds is 2. The number of carbonyl (C=O) groups is 1. The van der Waals surface area contributed by atoms with E-state index < -0.39 is 5.82 Å². The van der Waals surface area contributed by atoms with Gasteiger partial charge in [-0.25, -0.2) is 9.37 Å². The molecule has 8 heteroatoms. The smallest absolute Gasteiger partial charge is 0.254 e. The van der Waals surface area contributed by atoms with Gasteiger partial charge in [0, 0.05) is 12.1 Å². The Labute approximate surface area is 159 Å². The van der Waals surface area contributed by atoms with Crippen molar-refractivity contribution in [1.29, 1.82) is 5.26 Å². The molecule has 0 N–H and O–H groups in total. The Balaban J connectivity index is 1.64. The number of hydrogen-bond acceptors (Lipinski definition) is 5. The molecule has 0 bridgehead atoms. The molecule has 0 spiro atoms. The van der Waals surface area contributed by atoms with Crippen LogP contribution in [0.15, 0.2) is 24.3 Å². The molecule has 2 aromatic heterocycles. The molecule has 1 aromatic carbocycles. The van der Waals surface area contributed by atoms with Crippen molar-refractivity contribution in [3.05, 3.63) is 57.7 Å². The van der Waals surface area contributed by atoms with Crippen LogP contribution in [0.25, 0.3) is 10.4 Å². The molecule has 1 aliphatic rings. The molecular formula is C19H16FN5OS. The molecule has 0 radical (unpaired) electrons. The molecule has 136 valence electrons. The molecule has 0 aliphatic carbocycles. The van der Waals surface area contributed by atoms with E-state index >= 15 is 0 Å². The van der Waals surface area contributed by atoms with Gasteiger partial charge in [-0.05, 0) is 43.7 Å². The Morgan fingerprint density at radius 3 is 2.78 bits per heavy atom. The van der Waals surface area contributed by atoms with Crippen LogP contribution >= 0.6 is 11.3 Å². The number of fused-ring (bicyclic) bond motifs is 1. The normalized spacial score (nSPS) is 13.3. The van der Waals surface area contributed by atoms with Gasteiger partial charge in [0.25, 0.3) is 5.91 Å². The van der Waals surface area contributed by atoms with Gasteiger partial charge in [0.15, 0.2) is 5.69 Å². The van der Waals surface area contributed by atoms with Gasteiger partial charge in [-0.2, -0.15) is 10.4 Å². The molecule has 3 aromatic rings. The Bertz CT molecular complexity index is 1090. The minimum Gasteiger partial charge on any atom is -0.331 e. The number of aryl methyl sites for hydroxylation is 2. The SMILES string of the molecule is Cc1nc(C)c(-c2cc(F)cc(C(=O)N3CCn4nc(C#N)cc4C3)c2)s1. The topological polar surface area (TPSA) is 74.8 Å². The largest absolute Gasteiger partial charge is 0.331 e. The molecule has 27 heavy (non-hydrogen) atoms. The van der Waals surface area contributed by atoms with E-state index in [0.717, 1.165) is 21.3 Å². The van der Waals surface area contributed by atoms with E-state index in [1.807, 2.05) is 19.9 Å². The van der Waals surface area contributed by atoms with Crippen molar-refractivity contribution in [3.63, 3.8) is 0 Å². The maximum Gasteiger partial charge on any atom is 0.254 e. The highest BCUT2D eigenvalue weighted by atomic mass is 32.1. The van der Waals surface area contributed by atoms with Crippen LogP contribution < -0.4 is 0 Å². The zero-order valence-electron chi connectivity index (χ0n) is 14.9. The predicted octanol–water partition coefficient (Wildman–Crippen LogP) is 3.29. The molecule has 0 atom stereocenters. The van der Waals surface area contributed by atoms with Crippen molar-refractivity contribution in [3.8, 4) is 16.5 Å². The lowest BCUT2D eigenvalue weighted by Crippen LogP contribution is -2.38. The van der Waals surface area contributed by atoms with Crippen molar-refractivity contribution < 1.29 is 9.18 Å². The fourth-order valence-corrected chi connectivity index (χ4v) is 4.23. The summed E-state index contributed by atoms with van der Waals surface area (Å²) in [4.78, 5) is 19.9. The molecule has 4 rings (SSSR count). The van der Waals surface area contributed by atoms with Crippen molar-refractivity contribution >= 4 is 17.2 Å². The molecule has 0 saturated carbocycles. The molecule has 0 fully saturated rings. The average Bonchev–Trinajstić information content (AvgIpc) is 3.21. The van der Waals surface area contributed by atoms with Gasteiger partial charge in [0.05, 0.1) is 34.4 Å². The summed E-state index contributed by atoms with van der Waals surface area (Å²) in [6.45, 7) is 5.10. The highest BCUT2D eigenvalue weighted by Gasteiger charge is 2.24. The summed E-state index contributed by atoms with van der Waals surface area (Å²) in [7, 11) is 0. The van der Waals surface area contributed by atoms with Gasteiger partial charge in [-0.3, -0.25) is 9.48 Å². The van der Waals surface area contributed by atoms with E-state index in [4.69, 9.17) is 5.26 Å². The van der Waals surface area contributed by atoms with E-state index in [-0.39, 0.29) is 5.91 Å². The first-order chi connectivity index (χ1) is 12.9. The number of halogens is 1. The number of nitriles is 1. The number of hydrogen-bond donors (Lipinski definition) is 0. The summed E-state index contributed by atoms with van der Waals surface area (Å²) in [5.74, 6) is -0.685. The second kappa shape index (κ2) is 6.59. The van der Waals surface area contributed by atoms with Gasteiger partial charge in [-0.1, -0.05) is 0 Å². The van der Waals surface area contributed by atoms with Crippen LogP contribution in [0.4, 0.5) is 4.39 Å². The van der Waals surface area contributed by atoms with Gasteiger partial charge in [0.2, 0.25) is 0 Å². The van der Waals surface area contributed by atoms with Crippen molar-refractivity contribution in [2.45, 2.75) is 26.9 Å². The summed E-state index contributed by atoms with van der Waals surface area (Å²) in [6, 6.07) is 8.11. The van der Waals surface area contributed by atoms with E-state index in [9.17, 15) is 9.18 Å². The fraction of sp³-hybridized carbons (Fsp3) is 0.263. The third kappa shape index (κ3) is 3.22. The molecule has 6 nitrogen and oxygen atoms in total. The van der Waals surface area contributed by atoms with Crippen LogP contribution in [-0.4, -0.2) is 32.1 Å². The van der Waals surface area contributed by atoms with Gasteiger partial charge in [0.1, 0.15) is 11.9 Å². The zero-order valence-corrected chi connectivity index (χ0v) is 15.7. The monoisotopic (exact) mass is 381 g/mol. The van der Waals surface area contributed by atoms with Crippen molar-refractivity contribution in [2.75, 3.05) is 6.54 Å². The first kappa shape index (κ1) is 17.4. The van der Waals surface area contributed by atoms with Crippen LogP contribution in [-0.2, 0) is 13.1 Å². The number of thiazole rings is 1. The Morgan fingerprint density at radius 2 is 2.07 bits per heavy atom. The number of benzene rings is 1. The summed E-state index contributed by atoms with van der Waals surface area (Å²) in [6.07, 6.45) is 0. The van der Waals surface area contributed by atoms with E-state index in [1.54, 1.807) is 21.7 Å². The van der Waals surface area contributed by atoms with Crippen LogP contribution in [0, 0.1) is 31.0 Å². The standard InChI is InChI=1S/C19H16FN5OS/c1-11-18(27-12(2)22-11)13-5-14(7-15(20)6-13)19(26)24-3-4-25-17(10-24)8-16(9-21)23-25/h5-8H,3-4,10H2,1-2H3. The van der Waals surface area contributed by atoms with Gasteiger partial charge in [-0.15, -0.1) is 11.3 Å². The molecule has 0 saturated heterocycles. The Kier molecular flexibility index (Phi) is 4.24. The fourth-order valence-electron chi connectivity index (χ4n) is 3.32. The van der Waals surface area contributed by atoms with E-state index in [1.165, 1.54) is 23.5 Å². The van der Waals surface area contributed by atoms with Crippen molar-refractivity contribution in [2.24, 2.45) is 0 Å². The summed E-state index contributed by atoms with van der Waals surface area (Å²) >= 11 is 1.48. The minimum absolute atomic E-state index is 0.236. The lowest BCUT2D eigenvalue weighted by Gasteiger charge is -2.27. The number of aromatic nitrogens is 3. The molecular weight excluding hydrogens is 365 g/mol. The van der Waals surface area contributed by atoms with Crippen LogP contribution in [0.2, 0.25) is 0 Å². The lowest BCUT2D eigenvalue weighted by molar-refractivity contribution is 0.0705. The van der Waals surface area contributed by atoms with Gasteiger partial charge >= 0.3 is 0 Å². The van der Waals surface area contributed by atoms with E-state index in [2.05, 4.69) is 10.1 Å². The highest BCUT2D eigenvalue weighted by molar-refractivity contribution is 7.15. The van der Waals surface area contributed by atoms with Crippen LogP contribution in [0.5, 0.6) is 0 Å². The lowest BCUT2D eigenvalue weighted by atomic mass is 10.1. The second-order valence-corrected chi connectivity index (χ2v) is 7.66. The second-order valence-electron chi connectivity index (χ2n) is 6.46. The first-order valence-corrected chi connectivity index (χ1v) is 9.27. The zero-order chi connectivity index (χ0) is 19.1. The maximum atomic E-state index is 14.2. The summed E-state index contributed by atoms with van der Waals surface area (Å²) in [5, 5.41) is 14.0. The van der Waals surface area contributed by atoms with Crippen LogP contribution in [0.3, 0.4) is 0 Å². The third-order valence-corrected chi connectivity index (χ3v) is 5.63. The minimum atomic E-state index is -0.449. The predicted molar refractivity (Wildman–Crippen MR) is 98.7 cm³/mol. The Hall–Kier alpha value is -3.05. The number of amides is 1. The summed E-state index contributed by atoms with van der Waals surface area (Å²) < 4.78 is 16.0.